The molecule has 1 fully saturated rings. The van der Waals surface area contributed by atoms with Crippen LogP contribution in [-0.4, -0.2) is 51.6 Å². The number of carbonyl (C=O) groups excluding carboxylic acids is 1. The van der Waals surface area contributed by atoms with E-state index in [0.717, 1.165) is 0 Å². The number of aromatic nitrogens is 3. The largest absolute Gasteiger partial charge is 0.394 e. The molecule has 0 unspecified atom stereocenters. The van der Waals surface area contributed by atoms with Crippen molar-refractivity contribution in [1.82, 2.24) is 20.5 Å². The van der Waals surface area contributed by atoms with Gasteiger partial charge < -0.3 is 15.2 Å². The minimum atomic E-state index is -0.627. The molecule has 7 heteroatoms. The van der Waals surface area contributed by atoms with Crippen LogP contribution in [0.3, 0.4) is 0 Å². The highest BCUT2D eigenvalue weighted by Crippen LogP contribution is 2.21. The molecule has 7 nitrogen and oxygen atoms in total. The van der Waals surface area contributed by atoms with Crippen LogP contribution >= 0.6 is 0 Å². The van der Waals surface area contributed by atoms with Crippen molar-refractivity contribution in [2.75, 3.05) is 19.8 Å². The van der Waals surface area contributed by atoms with E-state index in [1.54, 1.807) is 0 Å². The lowest BCUT2D eigenvalue weighted by Crippen LogP contribution is -2.54. The second kappa shape index (κ2) is 5.49. The van der Waals surface area contributed by atoms with Gasteiger partial charge in [0.1, 0.15) is 5.82 Å². The Morgan fingerprint density at radius 3 is 2.60 bits per heavy atom. The third-order valence-corrected chi connectivity index (χ3v) is 3.53. The minimum Gasteiger partial charge on any atom is -0.394 e. The van der Waals surface area contributed by atoms with Crippen LogP contribution in [0, 0.1) is 0 Å². The number of H-pyrrole nitrogens is 1. The number of hydrogen-bond acceptors (Lipinski definition) is 5. The summed E-state index contributed by atoms with van der Waals surface area (Å²) in [5.74, 6) is 0.398. The van der Waals surface area contributed by atoms with Gasteiger partial charge >= 0.3 is 0 Å². The molecule has 0 aliphatic carbocycles. The van der Waals surface area contributed by atoms with Crippen LogP contribution < -0.4 is 5.32 Å². The third kappa shape index (κ3) is 3.16. The molecule has 20 heavy (non-hydrogen) atoms. The Balaban J connectivity index is 2.09. The molecule has 3 N–H and O–H groups in total. The molecule has 0 bridgehead atoms. The fraction of sp³-hybridized carbons (Fsp3) is 0.769. The fourth-order valence-electron chi connectivity index (χ4n) is 2.08. The number of nitrogens with zero attached hydrogens (tertiary/aromatic N) is 2. The average molecular weight is 282 g/mol. The van der Waals surface area contributed by atoms with Gasteiger partial charge in [-0.3, -0.25) is 9.89 Å². The molecule has 112 valence electrons. The Morgan fingerprint density at radius 2 is 2.10 bits per heavy atom. The van der Waals surface area contributed by atoms with Crippen molar-refractivity contribution in [2.45, 2.75) is 44.6 Å². The third-order valence-electron chi connectivity index (χ3n) is 3.53. The maximum absolute atomic E-state index is 12.2. The number of nitrogens with one attached hydrogen (secondary N) is 2. The number of aromatic amines is 1. The monoisotopic (exact) mass is 282 g/mol. The van der Waals surface area contributed by atoms with Crippen molar-refractivity contribution in [3.8, 4) is 0 Å². The van der Waals surface area contributed by atoms with E-state index in [9.17, 15) is 9.90 Å². The summed E-state index contributed by atoms with van der Waals surface area (Å²) < 4.78 is 5.26. The van der Waals surface area contributed by atoms with Crippen molar-refractivity contribution in [3.05, 3.63) is 11.6 Å². The summed E-state index contributed by atoms with van der Waals surface area (Å²) in [6, 6.07) is 0. The van der Waals surface area contributed by atoms with Crippen LogP contribution in [-0.2, 0) is 10.2 Å². The van der Waals surface area contributed by atoms with E-state index in [1.807, 2.05) is 20.8 Å². The van der Waals surface area contributed by atoms with Gasteiger partial charge in [0.25, 0.3) is 5.91 Å². The smallest absolute Gasteiger partial charge is 0.291 e. The molecule has 0 radical (unpaired) electrons. The second-order valence-electron chi connectivity index (χ2n) is 6.26. The molecule has 0 saturated carbocycles. The number of rotatable bonds is 3. The van der Waals surface area contributed by atoms with Gasteiger partial charge in [0.05, 0.1) is 12.1 Å². The number of ether oxygens (including phenoxy) is 1. The lowest BCUT2D eigenvalue weighted by Gasteiger charge is -2.35. The maximum Gasteiger partial charge on any atom is 0.291 e. The normalized spacial score (nSPS) is 18.8. The van der Waals surface area contributed by atoms with Crippen LogP contribution in [0.15, 0.2) is 0 Å². The number of hydrogen-bond donors (Lipinski definition) is 3. The molecule has 0 atom stereocenters. The van der Waals surface area contributed by atoms with Gasteiger partial charge in [-0.05, 0) is 12.8 Å². The van der Waals surface area contributed by atoms with E-state index in [0.29, 0.717) is 31.9 Å². The first-order valence-corrected chi connectivity index (χ1v) is 6.80. The second-order valence-corrected chi connectivity index (χ2v) is 6.26. The van der Waals surface area contributed by atoms with Crippen LogP contribution in [0.4, 0.5) is 0 Å². The zero-order valence-corrected chi connectivity index (χ0v) is 12.2. The summed E-state index contributed by atoms with van der Waals surface area (Å²) in [6.45, 7) is 6.91. The predicted molar refractivity (Wildman–Crippen MR) is 72.4 cm³/mol. The first-order valence-electron chi connectivity index (χ1n) is 6.80. The van der Waals surface area contributed by atoms with E-state index in [-0.39, 0.29) is 23.8 Å². The molecule has 1 aromatic rings. The van der Waals surface area contributed by atoms with Gasteiger partial charge in [0, 0.05) is 18.6 Å². The molecule has 1 saturated heterocycles. The van der Waals surface area contributed by atoms with E-state index in [1.165, 1.54) is 0 Å². The maximum atomic E-state index is 12.2. The number of amides is 1. The topological polar surface area (TPSA) is 100 Å². The van der Waals surface area contributed by atoms with Crippen molar-refractivity contribution in [2.24, 2.45) is 0 Å². The molecule has 2 rings (SSSR count). The highest BCUT2D eigenvalue weighted by molar-refractivity contribution is 5.90. The quantitative estimate of drug-likeness (QED) is 0.744. The number of aliphatic hydroxyl groups is 1. The van der Waals surface area contributed by atoms with Crippen molar-refractivity contribution >= 4 is 5.91 Å². The first-order chi connectivity index (χ1) is 9.36. The average Bonchev–Trinajstić information content (AvgIpc) is 2.89. The Hall–Kier alpha value is -1.47. The van der Waals surface area contributed by atoms with E-state index in [2.05, 4.69) is 20.5 Å². The highest BCUT2D eigenvalue weighted by Gasteiger charge is 2.35. The molecule has 2 heterocycles. The van der Waals surface area contributed by atoms with E-state index < -0.39 is 5.54 Å². The number of aliphatic hydroxyl groups excluding tert-OH is 1. The lowest BCUT2D eigenvalue weighted by atomic mass is 9.91. The first kappa shape index (κ1) is 14.9. The van der Waals surface area contributed by atoms with Gasteiger partial charge in [-0.25, -0.2) is 4.98 Å². The summed E-state index contributed by atoms with van der Waals surface area (Å²) in [5.41, 5.74) is -0.823. The summed E-state index contributed by atoms with van der Waals surface area (Å²) >= 11 is 0. The molecule has 1 amide bonds. The summed E-state index contributed by atoms with van der Waals surface area (Å²) in [4.78, 5) is 16.4. The lowest BCUT2D eigenvalue weighted by molar-refractivity contribution is 0.0123. The zero-order valence-electron chi connectivity index (χ0n) is 12.2. The van der Waals surface area contributed by atoms with Gasteiger partial charge in [-0.1, -0.05) is 20.8 Å². The predicted octanol–water partition coefficient (Wildman–Crippen LogP) is 0.373. The molecular weight excluding hydrogens is 260 g/mol. The summed E-state index contributed by atoms with van der Waals surface area (Å²) in [6.07, 6.45) is 1.18. The highest BCUT2D eigenvalue weighted by atomic mass is 16.5. The molecule has 1 aliphatic heterocycles. The Bertz CT molecular complexity index is 472. The Labute approximate surface area is 118 Å². The van der Waals surface area contributed by atoms with Gasteiger partial charge in [0.15, 0.2) is 0 Å². The molecular formula is C13H22N4O3. The van der Waals surface area contributed by atoms with Crippen molar-refractivity contribution in [3.63, 3.8) is 0 Å². The van der Waals surface area contributed by atoms with Crippen LogP contribution in [0.1, 0.15) is 50.1 Å². The fourth-order valence-corrected chi connectivity index (χ4v) is 2.08. The Kier molecular flexibility index (Phi) is 4.10. The van der Waals surface area contributed by atoms with Gasteiger partial charge in [-0.15, -0.1) is 5.10 Å². The number of carbonyl (C=O) groups is 1. The summed E-state index contributed by atoms with van der Waals surface area (Å²) in [5, 5.41) is 19.1. The summed E-state index contributed by atoms with van der Waals surface area (Å²) in [7, 11) is 0. The van der Waals surface area contributed by atoms with E-state index >= 15 is 0 Å². The van der Waals surface area contributed by atoms with Crippen molar-refractivity contribution in [1.29, 1.82) is 0 Å². The molecule has 0 aromatic carbocycles. The Morgan fingerprint density at radius 1 is 1.45 bits per heavy atom. The van der Waals surface area contributed by atoms with Crippen molar-refractivity contribution < 1.29 is 14.6 Å². The van der Waals surface area contributed by atoms with Gasteiger partial charge in [-0.2, -0.15) is 0 Å². The van der Waals surface area contributed by atoms with Crippen LogP contribution in [0.2, 0.25) is 0 Å². The van der Waals surface area contributed by atoms with Gasteiger partial charge in [0.2, 0.25) is 5.82 Å². The van der Waals surface area contributed by atoms with Crippen LogP contribution in [0.25, 0.3) is 0 Å². The van der Waals surface area contributed by atoms with E-state index in [4.69, 9.17) is 4.74 Å². The molecule has 0 spiro atoms. The molecule has 1 aromatic heterocycles. The minimum absolute atomic E-state index is 0.106. The standard InChI is InChI=1S/C13H22N4O3/c1-12(2,3)11-14-9(16-17-11)10(19)15-13(8-18)4-6-20-7-5-13/h18H,4-8H2,1-3H3,(H,15,19)(H,14,16,17). The molecule has 1 aliphatic rings. The zero-order chi connectivity index (χ0) is 14.8. The van der Waals surface area contributed by atoms with Crippen LogP contribution in [0.5, 0.6) is 0 Å². The SMILES string of the molecule is CC(C)(C)c1nc(C(=O)NC2(CO)CCOCC2)n[nH]1.